The van der Waals surface area contributed by atoms with E-state index in [1.165, 1.54) is 0 Å². The van der Waals surface area contributed by atoms with Crippen LogP contribution in [0.3, 0.4) is 0 Å². The van der Waals surface area contributed by atoms with Crippen molar-refractivity contribution in [3.8, 4) is 5.75 Å². The minimum atomic E-state index is 0.00984. The molecule has 2 aliphatic heterocycles. The number of benzene rings is 1. The number of anilines is 1. The van der Waals surface area contributed by atoms with Crippen LogP contribution in [0.25, 0.3) is 0 Å². The maximum atomic E-state index is 12.8. The molecule has 0 aliphatic carbocycles. The van der Waals surface area contributed by atoms with Crippen molar-refractivity contribution in [1.29, 1.82) is 0 Å². The molecule has 1 aromatic heterocycles. The Bertz CT molecular complexity index is 745. The number of morpholine rings is 1. The van der Waals surface area contributed by atoms with Crippen molar-refractivity contribution in [2.45, 2.75) is 6.54 Å². The number of nitrogens with zero attached hydrogens (tertiary/aromatic N) is 3. The van der Waals surface area contributed by atoms with Crippen molar-refractivity contribution < 1.29 is 14.3 Å². The molecule has 4 rings (SSSR count). The normalized spacial score (nSPS) is 17.4. The van der Waals surface area contributed by atoms with E-state index in [-0.39, 0.29) is 5.91 Å². The van der Waals surface area contributed by atoms with Crippen LogP contribution in [-0.4, -0.2) is 55.2 Å². The molecule has 25 heavy (non-hydrogen) atoms. The number of rotatable bonds is 2. The zero-order valence-electron chi connectivity index (χ0n) is 14.1. The minimum Gasteiger partial charge on any atom is -0.491 e. The van der Waals surface area contributed by atoms with Crippen LogP contribution in [-0.2, 0) is 11.3 Å². The Balaban J connectivity index is 1.57. The number of carbonyl (C=O) groups is 1. The molecule has 6 heteroatoms. The van der Waals surface area contributed by atoms with E-state index >= 15 is 0 Å². The number of aromatic nitrogens is 1. The smallest absolute Gasteiger partial charge is 0.254 e. The summed E-state index contributed by atoms with van der Waals surface area (Å²) in [7, 11) is 0. The number of pyridine rings is 1. The third kappa shape index (κ3) is 3.44. The Hall–Kier alpha value is -2.60. The average Bonchev–Trinajstić information content (AvgIpc) is 2.90. The van der Waals surface area contributed by atoms with Gasteiger partial charge in [-0.2, -0.15) is 0 Å². The van der Waals surface area contributed by atoms with Crippen molar-refractivity contribution in [3.63, 3.8) is 0 Å². The molecular formula is C19H21N3O3. The van der Waals surface area contributed by atoms with E-state index in [0.29, 0.717) is 25.3 Å². The summed E-state index contributed by atoms with van der Waals surface area (Å²) in [6.07, 6.45) is 3.29. The van der Waals surface area contributed by atoms with Gasteiger partial charge in [-0.3, -0.25) is 9.78 Å². The SMILES string of the molecule is O=C(c1ccncc1)N1CCOc2ccc(N3CCOCC3)cc2C1. The Kier molecular flexibility index (Phi) is 4.52. The third-order valence-corrected chi connectivity index (χ3v) is 4.61. The highest BCUT2D eigenvalue weighted by atomic mass is 16.5. The van der Waals surface area contributed by atoms with Crippen LogP contribution < -0.4 is 9.64 Å². The molecule has 0 N–H and O–H groups in total. The lowest BCUT2D eigenvalue weighted by molar-refractivity contribution is 0.0733. The molecule has 0 saturated carbocycles. The van der Waals surface area contributed by atoms with Gasteiger partial charge < -0.3 is 19.3 Å². The quantitative estimate of drug-likeness (QED) is 0.837. The van der Waals surface area contributed by atoms with Crippen LogP contribution in [0.2, 0.25) is 0 Å². The van der Waals surface area contributed by atoms with Gasteiger partial charge in [0.2, 0.25) is 0 Å². The standard InChI is InChI=1S/C19H21N3O3/c23-19(15-3-5-20-6-4-15)22-9-12-25-18-2-1-17(13-16(18)14-22)21-7-10-24-11-8-21/h1-6,13H,7-12,14H2. The van der Waals surface area contributed by atoms with Gasteiger partial charge in [-0.15, -0.1) is 0 Å². The second-order valence-electron chi connectivity index (χ2n) is 6.20. The van der Waals surface area contributed by atoms with E-state index in [1.807, 2.05) is 11.0 Å². The number of hydrogen-bond donors (Lipinski definition) is 0. The monoisotopic (exact) mass is 339 g/mol. The summed E-state index contributed by atoms with van der Waals surface area (Å²) in [5.41, 5.74) is 2.86. The van der Waals surface area contributed by atoms with Gasteiger partial charge in [0.1, 0.15) is 12.4 Å². The summed E-state index contributed by atoms with van der Waals surface area (Å²) in [5.74, 6) is 0.873. The van der Waals surface area contributed by atoms with Gasteiger partial charge in [0, 0.05) is 48.8 Å². The Labute approximate surface area is 147 Å². The number of amides is 1. The molecule has 2 aromatic rings. The summed E-state index contributed by atoms with van der Waals surface area (Å²) in [5, 5.41) is 0. The average molecular weight is 339 g/mol. The molecular weight excluding hydrogens is 318 g/mol. The Morgan fingerprint density at radius 2 is 1.80 bits per heavy atom. The highest BCUT2D eigenvalue weighted by Gasteiger charge is 2.22. The maximum Gasteiger partial charge on any atom is 0.254 e. The van der Waals surface area contributed by atoms with E-state index in [4.69, 9.17) is 9.47 Å². The lowest BCUT2D eigenvalue weighted by Gasteiger charge is -2.29. The predicted octanol–water partition coefficient (Wildman–Crippen LogP) is 1.95. The van der Waals surface area contributed by atoms with Crippen LogP contribution in [0.1, 0.15) is 15.9 Å². The van der Waals surface area contributed by atoms with Crippen LogP contribution in [0.4, 0.5) is 5.69 Å². The molecule has 0 spiro atoms. The van der Waals surface area contributed by atoms with Crippen molar-refractivity contribution in [1.82, 2.24) is 9.88 Å². The van der Waals surface area contributed by atoms with Crippen LogP contribution in [0.5, 0.6) is 5.75 Å². The van der Waals surface area contributed by atoms with Gasteiger partial charge >= 0.3 is 0 Å². The second-order valence-corrected chi connectivity index (χ2v) is 6.20. The predicted molar refractivity (Wildman–Crippen MR) is 93.9 cm³/mol. The van der Waals surface area contributed by atoms with Gasteiger partial charge in [0.15, 0.2) is 0 Å². The molecule has 0 bridgehead atoms. The van der Waals surface area contributed by atoms with Crippen LogP contribution in [0, 0.1) is 0 Å². The van der Waals surface area contributed by atoms with Crippen LogP contribution >= 0.6 is 0 Å². The maximum absolute atomic E-state index is 12.8. The number of carbonyl (C=O) groups excluding carboxylic acids is 1. The first-order chi connectivity index (χ1) is 12.3. The largest absolute Gasteiger partial charge is 0.491 e. The molecule has 0 unspecified atom stereocenters. The Morgan fingerprint density at radius 1 is 1.00 bits per heavy atom. The molecule has 3 heterocycles. The highest BCUT2D eigenvalue weighted by molar-refractivity contribution is 5.94. The lowest BCUT2D eigenvalue weighted by atomic mass is 10.1. The molecule has 1 fully saturated rings. The van der Waals surface area contributed by atoms with E-state index in [1.54, 1.807) is 24.5 Å². The number of ether oxygens (including phenoxy) is 2. The second kappa shape index (κ2) is 7.11. The fraction of sp³-hybridized carbons (Fsp3) is 0.368. The molecule has 1 amide bonds. The summed E-state index contributed by atoms with van der Waals surface area (Å²) in [4.78, 5) is 20.9. The topological polar surface area (TPSA) is 54.9 Å². The summed E-state index contributed by atoms with van der Waals surface area (Å²) in [6, 6.07) is 9.74. The van der Waals surface area contributed by atoms with Crippen LogP contribution in [0.15, 0.2) is 42.7 Å². The molecule has 0 atom stereocenters. The number of fused-ring (bicyclic) bond motifs is 1. The van der Waals surface area contributed by atoms with E-state index in [0.717, 1.165) is 43.3 Å². The third-order valence-electron chi connectivity index (χ3n) is 4.61. The van der Waals surface area contributed by atoms with E-state index in [2.05, 4.69) is 22.0 Å². The first kappa shape index (κ1) is 15.9. The summed E-state index contributed by atoms with van der Waals surface area (Å²) in [6.45, 7) is 4.90. The fourth-order valence-corrected chi connectivity index (χ4v) is 3.25. The van der Waals surface area contributed by atoms with Gasteiger partial charge in [-0.1, -0.05) is 0 Å². The molecule has 6 nitrogen and oxygen atoms in total. The van der Waals surface area contributed by atoms with Gasteiger partial charge in [-0.05, 0) is 30.3 Å². The first-order valence-electron chi connectivity index (χ1n) is 8.59. The summed E-state index contributed by atoms with van der Waals surface area (Å²) >= 11 is 0. The Morgan fingerprint density at radius 3 is 2.60 bits per heavy atom. The van der Waals surface area contributed by atoms with Gasteiger partial charge in [0.25, 0.3) is 5.91 Å². The molecule has 1 saturated heterocycles. The van der Waals surface area contributed by atoms with Crippen molar-refractivity contribution in [2.24, 2.45) is 0 Å². The lowest BCUT2D eigenvalue weighted by Crippen LogP contribution is -2.36. The van der Waals surface area contributed by atoms with Crippen molar-refractivity contribution >= 4 is 11.6 Å². The van der Waals surface area contributed by atoms with Gasteiger partial charge in [-0.25, -0.2) is 0 Å². The zero-order chi connectivity index (χ0) is 17.1. The van der Waals surface area contributed by atoms with Gasteiger partial charge in [0.05, 0.1) is 19.8 Å². The van der Waals surface area contributed by atoms with E-state index < -0.39 is 0 Å². The minimum absolute atomic E-state index is 0.00984. The number of hydrogen-bond acceptors (Lipinski definition) is 5. The van der Waals surface area contributed by atoms with Crippen molar-refractivity contribution in [3.05, 3.63) is 53.9 Å². The zero-order valence-corrected chi connectivity index (χ0v) is 14.1. The molecule has 0 radical (unpaired) electrons. The van der Waals surface area contributed by atoms with Crippen molar-refractivity contribution in [2.75, 3.05) is 44.4 Å². The fourth-order valence-electron chi connectivity index (χ4n) is 3.25. The molecule has 1 aromatic carbocycles. The highest BCUT2D eigenvalue weighted by Crippen LogP contribution is 2.29. The molecule has 2 aliphatic rings. The van der Waals surface area contributed by atoms with E-state index in [9.17, 15) is 4.79 Å². The molecule has 130 valence electrons. The summed E-state index contributed by atoms with van der Waals surface area (Å²) < 4.78 is 11.3. The first-order valence-corrected chi connectivity index (χ1v) is 8.59.